The van der Waals surface area contributed by atoms with Crippen LogP contribution in [0.3, 0.4) is 0 Å². The van der Waals surface area contributed by atoms with Gasteiger partial charge in [-0.15, -0.1) is 14.3 Å². The number of hydrogen-bond acceptors (Lipinski definition) is 6. The van der Waals surface area contributed by atoms with Crippen molar-refractivity contribution in [3.63, 3.8) is 0 Å². The molecule has 4 aromatic rings. The predicted molar refractivity (Wildman–Crippen MR) is 164 cm³/mol. The first kappa shape index (κ1) is 29.3. The molecule has 0 saturated heterocycles. The van der Waals surface area contributed by atoms with E-state index in [1.807, 2.05) is 57.2 Å². The molecule has 0 fully saturated rings. The smallest absolute Gasteiger partial charge is 0.251 e. The van der Waals surface area contributed by atoms with Gasteiger partial charge < -0.3 is 15.2 Å². The van der Waals surface area contributed by atoms with Gasteiger partial charge in [0, 0.05) is 29.0 Å². The average molecular weight is 557 g/mol. The van der Waals surface area contributed by atoms with Crippen molar-refractivity contribution >= 4 is 31.4 Å². The molecule has 208 valence electrons. The van der Waals surface area contributed by atoms with Crippen LogP contribution in [0.2, 0.25) is 0 Å². The lowest BCUT2D eigenvalue weighted by molar-refractivity contribution is 0.0777. The number of pyridine rings is 1. The van der Waals surface area contributed by atoms with Crippen molar-refractivity contribution in [1.82, 2.24) is 20.5 Å². The Bertz CT molecular complexity index is 1580. The number of carbonyl (C=O) groups excluding carboxylic acids is 1. The summed E-state index contributed by atoms with van der Waals surface area (Å²) in [5.74, 6) is -0.0126. The Hall–Kier alpha value is -3.67. The second-order valence-electron chi connectivity index (χ2n) is 10.6. The van der Waals surface area contributed by atoms with Crippen molar-refractivity contribution in [2.45, 2.75) is 52.6 Å². The number of carbonyl (C=O) groups is 1. The minimum Gasteiger partial charge on any atom is -0.494 e. The summed E-state index contributed by atoms with van der Waals surface area (Å²) in [7, 11) is 4.24. The highest BCUT2D eigenvalue weighted by Gasteiger charge is 2.26. The first-order chi connectivity index (χ1) is 18.9. The van der Waals surface area contributed by atoms with Crippen molar-refractivity contribution < 1.29 is 14.6 Å². The fourth-order valence-electron chi connectivity index (χ4n) is 4.88. The monoisotopic (exact) mass is 556 g/mol. The molecule has 0 spiro atoms. The molecule has 0 aliphatic heterocycles. The van der Waals surface area contributed by atoms with Gasteiger partial charge in [0.15, 0.2) is 0 Å². The third-order valence-electron chi connectivity index (χ3n) is 7.16. The van der Waals surface area contributed by atoms with Crippen LogP contribution in [0.25, 0.3) is 22.2 Å². The molecule has 0 radical (unpaired) electrons. The van der Waals surface area contributed by atoms with E-state index < -0.39 is 5.60 Å². The van der Waals surface area contributed by atoms with Gasteiger partial charge in [-0.1, -0.05) is 43.3 Å². The molecule has 0 saturated carbocycles. The lowest BCUT2D eigenvalue weighted by Gasteiger charge is -2.26. The van der Waals surface area contributed by atoms with Crippen molar-refractivity contribution in [3.05, 3.63) is 88.8 Å². The quantitative estimate of drug-likeness (QED) is 0.208. The van der Waals surface area contributed by atoms with Gasteiger partial charge in [-0.25, -0.2) is 0 Å². The van der Waals surface area contributed by atoms with Crippen LogP contribution in [-0.4, -0.2) is 39.8 Å². The molecule has 4 rings (SSSR count). The van der Waals surface area contributed by atoms with E-state index in [1.54, 1.807) is 33.1 Å². The summed E-state index contributed by atoms with van der Waals surface area (Å²) in [4.78, 5) is 18.5. The van der Waals surface area contributed by atoms with Crippen LogP contribution >= 0.6 is 9.24 Å². The molecule has 2 aromatic carbocycles. The first-order valence-electron chi connectivity index (χ1n) is 13.3. The van der Waals surface area contributed by atoms with Crippen molar-refractivity contribution in [2.75, 3.05) is 13.7 Å². The number of amides is 1. The second-order valence-corrected chi connectivity index (χ2v) is 11.3. The average Bonchev–Trinajstić information content (AvgIpc) is 2.92. The van der Waals surface area contributed by atoms with Crippen molar-refractivity contribution in [1.29, 1.82) is 0 Å². The maximum absolute atomic E-state index is 13.4. The van der Waals surface area contributed by atoms with Crippen LogP contribution in [0, 0.1) is 13.8 Å². The van der Waals surface area contributed by atoms with Crippen LogP contribution < -0.4 is 15.4 Å². The molecule has 8 heteroatoms. The van der Waals surface area contributed by atoms with E-state index in [9.17, 15) is 9.90 Å². The fraction of sp³-hybridized carbons (Fsp3) is 0.312. The van der Waals surface area contributed by atoms with Crippen molar-refractivity contribution in [3.8, 4) is 17.0 Å². The van der Waals surface area contributed by atoms with E-state index in [4.69, 9.17) is 9.72 Å². The third-order valence-corrected chi connectivity index (χ3v) is 7.55. The predicted octanol–water partition coefficient (Wildman–Crippen LogP) is 5.52. The number of aliphatic hydroxyl groups is 1. The maximum atomic E-state index is 13.4. The number of benzene rings is 2. The Kier molecular flexibility index (Phi) is 8.67. The lowest BCUT2D eigenvalue weighted by atomic mass is 9.86. The molecular formula is C32H37N4O3P. The van der Waals surface area contributed by atoms with E-state index in [-0.39, 0.29) is 11.8 Å². The van der Waals surface area contributed by atoms with Gasteiger partial charge in [0.25, 0.3) is 5.91 Å². The van der Waals surface area contributed by atoms with Gasteiger partial charge in [-0.05, 0) is 74.8 Å². The number of methoxy groups -OCH3 is 1. The highest BCUT2D eigenvalue weighted by Crippen LogP contribution is 2.35. The van der Waals surface area contributed by atoms with Gasteiger partial charge >= 0.3 is 0 Å². The molecule has 40 heavy (non-hydrogen) atoms. The van der Waals surface area contributed by atoms with E-state index in [1.165, 1.54) is 0 Å². The van der Waals surface area contributed by atoms with Crippen molar-refractivity contribution in [2.24, 2.45) is 0 Å². The van der Waals surface area contributed by atoms with Crippen LogP contribution in [0.1, 0.15) is 66.0 Å². The molecule has 0 bridgehead atoms. The molecule has 0 aliphatic carbocycles. The molecule has 2 heterocycles. The largest absolute Gasteiger partial charge is 0.494 e. The van der Waals surface area contributed by atoms with E-state index >= 15 is 0 Å². The van der Waals surface area contributed by atoms with Crippen LogP contribution in [0.15, 0.2) is 60.7 Å². The number of aromatic nitrogens is 3. The topological polar surface area (TPSA) is 97.2 Å². The molecule has 2 N–H and O–H groups in total. The number of ether oxygens (including phenoxy) is 1. The van der Waals surface area contributed by atoms with E-state index in [0.29, 0.717) is 29.8 Å². The number of hydrogen-bond donors (Lipinski definition) is 2. The number of fused-ring (bicyclic) bond motifs is 1. The van der Waals surface area contributed by atoms with Crippen LogP contribution in [-0.2, 0) is 5.60 Å². The Morgan fingerprint density at radius 1 is 1.12 bits per heavy atom. The molecular weight excluding hydrogens is 519 g/mol. The minimum absolute atomic E-state index is 0.241. The molecule has 2 atom stereocenters. The number of rotatable bonds is 9. The van der Waals surface area contributed by atoms with Crippen LogP contribution in [0.4, 0.5) is 0 Å². The molecule has 1 unspecified atom stereocenters. The zero-order chi connectivity index (χ0) is 29.2. The highest BCUT2D eigenvalue weighted by molar-refractivity contribution is 7.27. The fourth-order valence-corrected chi connectivity index (χ4v) is 5.07. The zero-order valence-corrected chi connectivity index (χ0v) is 25.2. The van der Waals surface area contributed by atoms with Crippen LogP contribution in [0.5, 0.6) is 5.75 Å². The summed E-state index contributed by atoms with van der Waals surface area (Å²) in [6.07, 6.45) is 0.715. The normalized spacial score (nSPS) is 12.3. The van der Waals surface area contributed by atoms with Gasteiger partial charge in [-0.3, -0.25) is 9.78 Å². The van der Waals surface area contributed by atoms with Gasteiger partial charge in [0.2, 0.25) is 0 Å². The third kappa shape index (κ3) is 6.22. The lowest BCUT2D eigenvalue weighted by Crippen LogP contribution is -2.30. The summed E-state index contributed by atoms with van der Waals surface area (Å²) < 4.78 is 5.50. The molecule has 1 amide bonds. The Morgan fingerprint density at radius 3 is 2.45 bits per heavy atom. The van der Waals surface area contributed by atoms with Gasteiger partial charge in [0.1, 0.15) is 11.3 Å². The zero-order valence-electron chi connectivity index (χ0n) is 24.0. The molecule has 7 nitrogen and oxygen atoms in total. The summed E-state index contributed by atoms with van der Waals surface area (Å²) in [5, 5.41) is 24.3. The Morgan fingerprint density at radius 2 is 1.82 bits per heavy atom. The minimum atomic E-state index is -1.08. The SMILES string of the molecule is C=C(CC)[C@@H](CNC(=O)c1cc(OC)c2nnc(C)cc2c1)c1cc(C(C)(C)O)c(C)c(-c2ccc(P)cc2)n1. The summed E-state index contributed by atoms with van der Waals surface area (Å²) in [6, 6.07) is 15.4. The first-order valence-corrected chi connectivity index (χ1v) is 13.9. The highest BCUT2D eigenvalue weighted by atomic mass is 31.0. The number of nitrogens with one attached hydrogen (secondary N) is 1. The summed E-state index contributed by atoms with van der Waals surface area (Å²) in [6.45, 7) is 14.0. The summed E-state index contributed by atoms with van der Waals surface area (Å²) in [5.41, 5.74) is 5.89. The Labute approximate surface area is 238 Å². The van der Waals surface area contributed by atoms with Gasteiger partial charge in [-0.2, -0.15) is 5.10 Å². The van der Waals surface area contributed by atoms with Gasteiger partial charge in [0.05, 0.1) is 29.8 Å². The summed E-state index contributed by atoms with van der Waals surface area (Å²) >= 11 is 0. The van der Waals surface area contributed by atoms with E-state index in [0.717, 1.165) is 50.0 Å². The van der Waals surface area contributed by atoms with E-state index in [2.05, 4.69) is 31.3 Å². The molecule has 0 aliphatic rings. The standard InChI is InChI=1S/C32H37N4O3P/c1-8-18(2)25(17-33-31(37)23-14-22-13-19(3)35-36-30(22)28(15-23)39-7)27-16-26(32(5,6)38)20(4)29(34-27)21-9-11-24(40)12-10-21/h9-16,25,38H,2,8,17,40H2,1,3-7H3,(H,33,37)/t25-/m1/s1. The Balaban J connectivity index is 1.72. The number of nitrogens with zero attached hydrogens (tertiary/aromatic N) is 3. The molecule has 2 aromatic heterocycles. The maximum Gasteiger partial charge on any atom is 0.251 e. The number of aryl methyl sites for hydroxylation is 1. The second kappa shape index (κ2) is 11.8.